The summed E-state index contributed by atoms with van der Waals surface area (Å²) in [6.07, 6.45) is 7.01. The first-order valence-electron chi connectivity index (χ1n) is 9.90. The molecule has 1 fully saturated rings. The molecule has 1 atom stereocenters. The topological polar surface area (TPSA) is 107 Å². The number of carbonyl (C=O) groups is 1. The lowest BCUT2D eigenvalue weighted by molar-refractivity contribution is -0.134. The van der Waals surface area contributed by atoms with E-state index >= 15 is 0 Å². The number of hydrogen-bond acceptors (Lipinski definition) is 6. The first-order chi connectivity index (χ1) is 14.1. The molecule has 1 saturated heterocycles. The highest BCUT2D eigenvalue weighted by Gasteiger charge is 2.44. The van der Waals surface area contributed by atoms with Gasteiger partial charge in [0.2, 0.25) is 11.9 Å². The Bertz CT molecular complexity index is 1170. The van der Waals surface area contributed by atoms with E-state index in [1.54, 1.807) is 18.2 Å². The highest BCUT2D eigenvalue weighted by Crippen LogP contribution is 2.44. The fourth-order valence-corrected chi connectivity index (χ4v) is 4.76. The van der Waals surface area contributed by atoms with Crippen LogP contribution in [-0.4, -0.2) is 43.4 Å². The SMILES string of the molecule is Nc1ncc2c(n1)C1(CCCN(C(=O)Cn3cnc4ccccc4c3=O)C1)CC2. The Labute approximate surface area is 167 Å². The highest BCUT2D eigenvalue weighted by molar-refractivity contribution is 5.79. The Morgan fingerprint density at radius 1 is 1.21 bits per heavy atom. The van der Waals surface area contributed by atoms with Crippen LogP contribution in [0.4, 0.5) is 5.95 Å². The predicted octanol–water partition coefficient (Wildman–Crippen LogP) is 1.28. The second kappa shape index (κ2) is 6.65. The number of para-hydroxylation sites is 1. The Kier molecular flexibility index (Phi) is 4.08. The van der Waals surface area contributed by atoms with Gasteiger partial charge in [0.1, 0.15) is 6.54 Å². The molecule has 1 spiro atoms. The number of likely N-dealkylation sites (tertiary alicyclic amines) is 1. The molecule has 0 saturated carbocycles. The van der Waals surface area contributed by atoms with Crippen LogP contribution in [0.3, 0.4) is 0 Å². The summed E-state index contributed by atoms with van der Waals surface area (Å²) in [5.74, 6) is 0.209. The zero-order chi connectivity index (χ0) is 20.0. The van der Waals surface area contributed by atoms with Crippen LogP contribution < -0.4 is 11.3 Å². The molecule has 2 aliphatic rings. The normalized spacial score (nSPS) is 20.9. The zero-order valence-corrected chi connectivity index (χ0v) is 16.0. The van der Waals surface area contributed by atoms with Crippen molar-refractivity contribution in [2.45, 2.75) is 37.6 Å². The Balaban J connectivity index is 1.40. The number of nitrogens with zero attached hydrogens (tertiary/aromatic N) is 5. The third-order valence-electron chi connectivity index (χ3n) is 6.23. The highest BCUT2D eigenvalue weighted by atomic mass is 16.2. The van der Waals surface area contributed by atoms with Crippen molar-refractivity contribution in [3.8, 4) is 0 Å². The summed E-state index contributed by atoms with van der Waals surface area (Å²) in [7, 11) is 0. The number of nitrogen functional groups attached to an aromatic ring is 1. The molecule has 1 aromatic carbocycles. The largest absolute Gasteiger partial charge is 0.368 e. The van der Waals surface area contributed by atoms with Crippen LogP contribution in [0.1, 0.15) is 30.5 Å². The third-order valence-corrected chi connectivity index (χ3v) is 6.23. The second-order valence-corrected chi connectivity index (χ2v) is 8.00. The van der Waals surface area contributed by atoms with Crippen LogP contribution in [0.15, 0.2) is 41.6 Å². The van der Waals surface area contributed by atoms with Crippen molar-refractivity contribution in [3.05, 3.63) is 58.4 Å². The molecule has 8 heteroatoms. The van der Waals surface area contributed by atoms with Crippen LogP contribution in [0, 0.1) is 0 Å². The number of carbonyl (C=O) groups excluding carboxylic acids is 1. The van der Waals surface area contributed by atoms with Gasteiger partial charge in [0.05, 0.1) is 22.9 Å². The maximum absolute atomic E-state index is 13.1. The second-order valence-electron chi connectivity index (χ2n) is 8.00. The van der Waals surface area contributed by atoms with Crippen LogP contribution >= 0.6 is 0 Å². The van der Waals surface area contributed by atoms with E-state index in [0.717, 1.165) is 36.9 Å². The molecule has 148 valence electrons. The van der Waals surface area contributed by atoms with Gasteiger partial charge < -0.3 is 10.6 Å². The summed E-state index contributed by atoms with van der Waals surface area (Å²) in [4.78, 5) is 40.6. The van der Waals surface area contributed by atoms with E-state index < -0.39 is 0 Å². The van der Waals surface area contributed by atoms with E-state index in [1.807, 2.05) is 17.2 Å². The minimum absolute atomic E-state index is 0.00842. The van der Waals surface area contributed by atoms with Crippen LogP contribution in [-0.2, 0) is 23.2 Å². The van der Waals surface area contributed by atoms with E-state index in [1.165, 1.54) is 10.9 Å². The predicted molar refractivity (Wildman–Crippen MR) is 108 cm³/mol. The molecular formula is C21H22N6O2. The molecule has 2 aromatic heterocycles. The van der Waals surface area contributed by atoms with Gasteiger partial charge in [0.15, 0.2) is 0 Å². The van der Waals surface area contributed by atoms with Gasteiger partial charge in [-0.05, 0) is 43.4 Å². The zero-order valence-electron chi connectivity index (χ0n) is 16.0. The van der Waals surface area contributed by atoms with E-state index in [4.69, 9.17) is 5.73 Å². The van der Waals surface area contributed by atoms with Crippen molar-refractivity contribution in [2.75, 3.05) is 18.8 Å². The minimum atomic E-state index is -0.192. The van der Waals surface area contributed by atoms with Gasteiger partial charge >= 0.3 is 0 Å². The van der Waals surface area contributed by atoms with Crippen LogP contribution in [0.2, 0.25) is 0 Å². The summed E-state index contributed by atoms with van der Waals surface area (Å²) in [6.45, 7) is 1.28. The molecule has 0 radical (unpaired) electrons. The number of aromatic nitrogens is 4. The summed E-state index contributed by atoms with van der Waals surface area (Å²) < 4.78 is 1.40. The molecule has 3 aromatic rings. The Hall–Kier alpha value is -3.29. The molecule has 3 heterocycles. The number of nitrogens with two attached hydrogens (primary N) is 1. The van der Waals surface area contributed by atoms with Crippen molar-refractivity contribution in [1.82, 2.24) is 24.4 Å². The van der Waals surface area contributed by atoms with E-state index in [9.17, 15) is 9.59 Å². The molecule has 1 unspecified atom stereocenters. The third kappa shape index (κ3) is 2.95. The van der Waals surface area contributed by atoms with Crippen molar-refractivity contribution >= 4 is 22.8 Å². The minimum Gasteiger partial charge on any atom is -0.368 e. The molecule has 0 bridgehead atoms. The average Bonchev–Trinajstić information content (AvgIpc) is 3.07. The van der Waals surface area contributed by atoms with Gasteiger partial charge in [0.25, 0.3) is 5.56 Å². The number of hydrogen-bond donors (Lipinski definition) is 1. The van der Waals surface area contributed by atoms with Crippen LogP contribution in [0.25, 0.3) is 10.9 Å². The van der Waals surface area contributed by atoms with Crippen molar-refractivity contribution in [3.63, 3.8) is 0 Å². The molecule has 1 aliphatic heterocycles. The number of anilines is 1. The fourth-order valence-electron chi connectivity index (χ4n) is 4.76. The number of piperidine rings is 1. The lowest BCUT2D eigenvalue weighted by atomic mass is 9.77. The fraction of sp³-hybridized carbons (Fsp3) is 0.381. The Morgan fingerprint density at radius 2 is 2.07 bits per heavy atom. The maximum atomic E-state index is 13.1. The molecule has 29 heavy (non-hydrogen) atoms. The van der Waals surface area contributed by atoms with Gasteiger partial charge in [-0.25, -0.2) is 15.0 Å². The molecular weight excluding hydrogens is 368 g/mol. The smallest absolute Gasteiger partial charge is 0.261 e. The standard InChI is InChI=1S/C21H22N6O2/c22-20-23-10-14-6-8-21(18(14)25-20)7-3-9-26(12-21)17(28)11-27-13-24-16-5-2-1-4-15(16)19(27)29/h1-2,4-5,10,13H,3,6-9,11-12H2,(H2,22,23,25). The van der Waals surface area contributed by atoms with Gasteiger partial charge in [-0.3, -0.25) is 14.2 Å². The van der Waals surface area contributed by atoms with Gasteiger partial charge in [-0.2, -0.15) is 0 Å². The van der Waals surface area contributed by atoms with Gasteiger partial charge in [-0.1, -0.05) is 12.1 Å². The van der Waals surface area contributed by atoms with Crippen molar-refractivity contribution in [1.29, 1.82) is 0 Å². The summed E-state index contributed by atoms with van der Waals surface area (Å²) in [5.41, 5.74) is 8.24. The molecule has 5 rings (SSSR count). The summed E-state index contributed by atoms with van der Waals surface area (Å²) in [6, 6.07) is 7.17. The van der Waals surface area contributed by atoms with Crippen LogP contribution in [0.5, 0.6) is 0 Å². The first kappa shape index (κ1) is 17.8. The maximum Gasteiger partial charge on any atom is 0.261 e. The Morgan fingerprint density at radius 3 is 2.97 bits per heavy atom. The van der Waals surface area contributed by atoms with Gasteiger partial charge in [0, 0.05) is 24.7 Å². The van der Waals surface area contributed by atoms with Gasteiger partial charge in [-0.15, -0.1) is 0 Å². The van der Waals surface area contributed by atoms with E-state index in [2.05, 4.69) is 15.0 Å². The number of aryl methyl sites for hydroxylation is 1. The number of benzene rings is 1. The number of rotatable bonds is 2. The number of fused-ring (bicyclic) bond motifs is 3. The summed E-state index contributed by atoms with van der Waals surface area (Å²) >= 11 is 0. The monoisotopic (exact) mass is 390 g/mol. The van der Waals surface area contributed by atoms with E-state index in [0.29, 0.717) is 24.0 Å². The summed E-state index contributed by atoms with van der Waals surface area (Å²) in [5, 5.41) is 0.523. The van der Waals surface area contributed by atoms with E-state index in [-0.39, 0.29) is 29.4 Å². The quantitative estimate of drug-likeness (QED) is 0.706. The molecule has 2 N–H and O–H groups in total. The molecule has 1 amide bonds. The number of amides is 1. The van der Waals surface area contributed by atoms with Crippen molar-refractivity contribution in [2.24, 2.45) is 0 Å². The van der Waals surface area contributed by atoms with Crippen molar-refractivity contribution < 1.29 is 4.79 Å². The average molecular weight is 390 g/mol. The molecule has 1 aliphatic carbocycles. The lowest BCUT2D eigenvalue weighted by Gasteiger charge is -2.40. The lowest BCUT2D eigenvalue weighted by Crippen LogP contribution is -2.49. The molecule has 8 nitrogen and oxygen atoms in total. The first-order valence-corrected chi connectivity index (χ1v) is 9.90.